The molecule has 2 aromatic rings. The molecule has 2 N–H and O–H groups in total. The van der Waals surface area contributed by atoms with Crippen molar-refractivity contribution in [3.63, 3.8) is 0 Å². The molecule has 0 amide bonds. The highest BCUT2D eigenvalue weighted by Crippen LogP contribution is 2.32. The highest BCUT2D eigenvalue weighted by Gasteiger charge is 2.38. The third-order valence-electron chi connectivity index (χ3n) is 7.23. The normalized spacial score (nSPS) is 19.2. The second-order valence-corrected chi connectivity index (χ2v) is 9.66. The fourth-order valence-electron chi connectivity index (χ4n) is 5.07. The van der Waals surface area contributed by atoms with E-state index in [-0.39, 0.29) is 22.7 Å². The average molecular weight is 463 g/mol. The van der Waals surface area contributed by atoms with Gasteiger partial charge in [0.05, 0.1) is 0 Å². The molecule has 0 saturated heterocycles. The molecule has 2 saturated carbocycles. The Kier molecular flexibility index (Phi) is 6.91. The Morgan fingerprint density at radius 2 is 0.735 bits per heavy atom. The molecule has 6 nitrogen and oxygen atoms in total. The first-order valence-corrected chi connectivity index (χ1v) is 12.1. The predicted molar refractivity (Wildman–Crippen MR) is 126 cm³/mol. The number of benzene rings is 2. The van der Waals surface area contributed by atoms with Crippen molar-refractivity contribution in [3.8, 4) is 0 Å². The monoisotopic (exact) mass is 462 g/mol. The molecule has 0 heterocycles. The quantitative estimate of drug-likeness (QED) is 0.463. The van der Waals surface area contributed by atoms with Gasteiger partial charge in [0, 0.05) is 22.3 Å². The van der Waals surface area contributed by atoms with Crippen LogP contribution in [0.15, 0.2) is 48.5 Å². The Labute approximate surface area is 199 Å². The maximum Gasteiger partial charge on any atom is 0.233 e. The molecule has 4 rings (SSSR count). The van der Waals surface area contributed by atoms with E-state index in [0.717, 1.165) is 38.5 Å². The van der Waals surface area contributed by atoms with E-state index in [0.29, 0.717) is 36.8 Å². The van der Waals surface area contributed by atoms with E-state index in [1.165, 1.54) is 48.5 Å². The lowest BCUT2D eigenvalue weighted by atomic mass is 9.79. The summed E-state index contributed by atoms with van der Waals surface area (Å²) in [5.74, 6) is -2.14. The smallest absolute Gasteiger partial charge is 0.233 e. The van der Waals surface area contributed by atoms with Crippen LogP contribution in [0.3, 0.4) is 0 Å². The molecule has 0 spiro atoms. The van der Waals surface area contributed by atoms with Crippen LogP contribution in [-0.2, 0) is 0 Å². The van der Waals surface area contributed by atoms with Crippen LogP contribution in [0, 0.1) is 0 Å². The Morgan fingerprint density at radius 3 is 1.03 bits per heavy atom. The molecule has 0 unspecified atom stereocenters. The predicted octanol–water partition coefficient (Wildman–Crippen LogP) is 4.51. The topological polar surface area (TPSA) is 109 Å². The number of ketones is 4. The number of carbonyl (C=O) groups excluding carboxylic acids is 4. The zero-order valence-corrected chi connectivity index (χ0v) is 19.2. The van der Waals surface area contributed by atoms with Gasteiger partial charge in [0.15, 0.2) is 11.6 Å². The summed E-state index contributed by atoms with van der Waals surface area (Å²) in [7, 11) is 0. The number of hydrogen-bond donors (Lipinski definition) is 2. The Bertz CT molecular complexity index is 995. The summed E-state index contributed by atoms with van der Waals surface area (Å²) in [5.41, 5.74) is -1.79. The molecule has 0 atom stereocenters. The van der Waals surface area contributed by atoms with E-state index in [4.69, 9.17) is 0 Å². The molecule has 0 radical (unpaired) electrons. The lowest BCUT2D eigenvalue weighted by Gasteiger charge is -2.30. The second-order valence-electron chi connectivity index (χ2n) is 9.66. The van der Waals surface area contributed by atoms with Crippen LogP contribution >= 0.6 is 0 Å². The minimum absolute atomic E-state index is 0.147. The largest absolute Gasteiger partial charge is 0.382 e. The van der Waals surface area contributed by atoms with Gasteiger partial charge in [-0.3, -0.25) is 19.2 Å². The van der Waals surface area contributed by atoms with Crippen molar-refractivity contribution in [1.29, 1.82) is 0 Å². The minimum Gasteiger partial charge on any atom is -0.382 e. The van der Waals surface area contributed by atoms with Crippen molar-refractivity contribution in [3.05, 3.63) is 70.8 Å². The SMILES string of the molecule is O=C(C(=O)c1ccc(C(=O)C2(O)CCCCC2)cc1)c1ccc(C(=O)C2(O)CCCCC2)cc1. The fraction of sp³-hybridized carbons (Fsp3) is 0.429. The summed E-state index contributed by atoms with van der Waals surface area (Å²) in [6.45, 7) is 0. The van der Waals surface area contributed by atoms with Gasteiger partial charge < -0.3 is 10.2 Å². The van der Waals surface area contributed by atoms with E-state index in [2.05, 4.69) is 0 Å². The molecule has 0 aromatic heterocycles. The van der Waals surface area contributed by atoms with Gasteiger partial charge in [0.1, 0.15) is 11.2 Å². The van der Waals surface area contributed by atoms with E-state index < -0.39 is 22.8 Å². The molecule has 0 bridgehead atoms. The summed E-state index contributed by atoms with van der Waals surface area (Å²) in [6, 6.07) is 11.6. The van der Waals surface area contributed by atoms with Crippen LogP contribution < -0.4 is 0 Å². The summed E-state index contributed by atoms with van der Waals surface area (Å²) in [4.78, 5) is 50.9. The molecule has 2 fully saturated rings. The standard InChI is InChI=1S/C28H30O6/c29-23(19-7-11-21(12-8-19)25(31)27(33)15-3-1-4-16-27)24(30)20-9-13-22(14-10-20)26(32)28(34)17-5-2-6-18-28/h7-14,33-34H,1-6,15-18H2. The van der Waals surface area contributed by atoms with Gasteiger partial charge in [-0.05, 0) is 25.7 Å². The van der Waals surface area contributed by atoms with Crippen LogP contribution in [0.1, 0.15) is 106 Å². The molecular formula is C28H30O6. The molecule has 2 aliphatic carbocycles. The fourth-order valence-corrected chi connectivity index (χ4v) is 5.07. The third kappa shape index (κ3) is 4.79. The van der Waals surface area contributed by atoms with E-state index in [1.54, 1.807) is 0 Å². The second kappa shape index (κ2) is 9.72. The van der Waals surface area contributed by atoms with E-state index in [9.17, 15) is 29.4 Å². The first-order valence-electron chi connectivity index (χ1n) is 12.1. The maximum atomic E-state index is 12.7. The van der Waals surface area contributed by atoms with Crippen molar-refractivity contribution >= 4 is 23.1 Å². The van der Waals surface area contributed by atoms with Crippen LogP contribution in [-0.4, -0.2) is 44.5 Å². The van der Waals surface area contributed by atoms with Crippen LogP contribution in [0.5, 0.6) is 0 Å². The van der Waals surface area contributed by atoms with E-state index in [1.807, 2.05) is 0 Å². The maximum absolute atomic E-state index is 12.7. The van der Waals surface area contributed by atoms with Crippen LogP contribution in [0.2, 0.25) is 0 Å². The molecular weight excluding hydrogens is 432 g/mol. The molecule has 2 aromatic carbocycles. The van der Waals surface area contributed by atoms with Crippen molar-refractivity contribution in [2.24, 2.45) is 0 Å². The lowest BCUT2D eigenvalue weighted by molar-refractivity contribution is 0.0116. The van der Waals surface area contributed by atoms with Crippen LogP contribution in [0.4, 0.5) is 0 Å². The summed E-state index contributed by atoms with van der Waals surface area (Å²) < 4.78 is 0. The van der Waals surface area contributed by atoms with Gasteiger partial charge in [-0.25, -0.2) is 0 Å². The van der Waals surface area contributed by atoms with Gasteiger partial charge in [-0.1, -0.05) is 87.1 Å². The first kappa shape index (κ1) is 24.2. The van der Waals surface area contributed by atoms with Gasteiger partial charge in [-0.2, -0.15) is 0 Å². The van der Waals surface area contributed by atoms with Crippen molar-refractivity contribution in [2.45, 2.75) is 75.4 Å². The highest BCUT2D eigenvalue weighted by atomic mass is 16.3. The van der Waals surface area contributed by atoms with Gasteiger partial charge in [0.2, 0.25) is 11.6 Å². The number of carbonyl (C=O) groups is 4. The van der Waals surface area contributed by atoms with Crippen molar-refractivity contribution in [1.82, 2.24) is 0 Å². The molecule has 34 heavy (non-hydrogen) atoms. The molecule has 2 aliphatic rings. The van der Waals surface area contributed by atoms with Gasteiger partial charge in [0.25, 0.3) is 0 Å². The number of rotatable bonds is 7. The first-order chi connectivity index (χ1) is 16.2. The average Bonchev–Trinajstić information content (AvgIpc) is 2.88. The summed E-state index contributed by atoms with van der Waals surface area (Å²) in [5, 5.41) is 21.3. The van der Waals surface area contributed by atoms with Gasteiger partial charge >= 0.3 is 0 Å². The summed E-state index contributed by atoms with van der Waals surface area (Å²) >= 11 is 0. The van der Waals surface area contributed by atoms with Gasteiger partial charge in [-0.15, -0.1) is 0 Å². The van der Waals surface area contributed by atoms with Crippen LogP contribution in [0.25, 0.3) is 0 Å². The Balaban J connectivity index is 1.44. The zero-order chi connectivity index (χ0) is 24.3. The highest BCUT2D eigenvalue weighted by molar-refractivity contribution is 6.49. The lowest BCUT2D eigenvalue weighted by Crippen LogP contribution is -2.40. The van der Waals surface area contributed by atoms with Crippen molar-refractivity contribution in [2.75, 3.05) is 0 Å². The van der Waals surface area contributed by atoms with E-state index >= 15 is 0 Å². The minimum atomic E-state index is -1.36. The number of hydrogen-bond acceptors (Lipinski definition) is 6. The summed E-state index contributed by atoms with van der Waals surface area (Å²) in [6.07, 6.45) is 6.94. The Hall–Kier alpha value is -2.96. The number of aliphatic hydroxyl groups is 2. The number of Topliss-reactive ketones (excluding diaryl/α,β-unsaturated/α-hetero) is 4. The zero-order valence-electron chi connectivity index (χ0n) is 19.2. The molecule has 178 valence electrons. The third-order valence-corrected chi connectivity index (χ3v) is 7.23. The molecule has 0 aliphatic heterocycles. The van der Waals surface area contributed by atoms with Crippen molar-refractivity contribution < 1.29 is 29.4 Å². The molecule has 6 heteroatoms. The Morgan fingerprint density at radius 1 is 0.471 bits per heavy atom.